The second kappa shape index (κ2) is 33.0. The fourth-order valence-corrected chi connectivity index (χ4v) is 7.65. The molecule has 21 N–H and O–H groups in total. The van der Waals surface area contributed by atoms with Crippen molar-refractivity contribution in [2.24, 2.45) is 34.6 Å². The number of aliphatic hydroxyl groups is 2. The Morgan fingerprint density at radius 1 is 0.611 bits per heavy atom. The molecule has 11 atom stereocenters. The third kappa shape index (κ3) is 21.9. The second-order valence-corrected chi connectivity index (χ2v) is 18.5. The van der Waals surface area contributed by atoms with E-state index in [1.807, 2.05) is 13.8 Å². The van der Waals surface area contributed by atoms with Crippen LogP contribution in [-0.2, 0) is 49.6 Å². The molecule has 25 nitrogen and oxygen atoms in total. The van der Waals surface area contributed by atoms with Crippen LogP contribution in [0, 0.1) is 5.92 Å². The lowest BCUT2D eigenvalue weighted by atomic mass is 9.99. The van der Waals surface area contributed by atoms with E-state index in [1.54, 1.807) is 30.3 Å². The average Bonchev–Trinajstić information content (AvgIpc) is 3.33. The van der Waals surface area contributed by atoms with Gasteiger partial charge in [0.2, 0.25) is 53.2 Å². The molecule has 0 unspecified atom stereocenters. The van der Waals surface area contributed by atoms with Crippen molar-refractivity contribution in [1.82, 2.24) is 47.9 Å². The Balaban J connectivity index is 2.79. The van der Waals surface area contributed by atoms with E-state index in [9.17, 15) is 53.4 Å². The summed E-state index contributed by atoms with van der Waals surface area (Å²) in [5, 5.41) is 44.1. The van der Waals surface area contributed by atoms with Crippen molar-refractivity contribution < 1.29 is 53.4 Å². The molecule has 406 valence electrons. The van der Waals surface area contributed by atoms with Crippen molar-refractivity contribution in [2.45, 2.75) is 165 Å². The van der Waals surface area contributed by atoms with Gasteiger partial charge in [0.25, 0.3) is 0 Å². The number of benzene rings is 1. The summed E-state index contributed by atoms with van der Waals surface area (Å²) in [5.74, 6) is -7.84. The lowest BCUT2D eigenvalue weighted by molar-refractivity contribution is -0.136. The summed E-state index contributed by atoms with van der Waals surface area (Å²) in [6, 6.07) is -3.83. The molecule has 1 aliphatic rings. The lowest BCUT2D eigenvalue weighted by Crippen LogP contribution is -2.61. The van der Waals surface area contributed by atoms with Crippen LogP contribution in [0.1, 0.15) is 97.5 Å². The number of unbranched alkanes of at least 4 members (excludes halogenated alkanes) is 2. The SMILES string of the molecule is CC(C)C[C@@H]1NC(=O)[C@@H](Cc2ccccc2)NC(=O)[C@H](CCN)NC(=O)[C@@H](NC(=O)[C@H](CCN)NC(=O)[C@@H](N)[C@@H](C)O)CCNC(=O)[C@H]([C@@H](C)O)NC(=O)[C@H](CCCCN)NC(=O)[C@H](CCCCN)NC1=O. The van der Waals surface area contributed by atoms with Gasteiger partial charge in [0.1, 0.15) is 54.4 Å². The summed E-state index contributed by atoms with van der Waals surface area (Å²) in [6.07, 6.45) is -1.63. The Hall–Kier alpha value is -5.83. The monoisotopic (exact) mass is 1020 g/mol. The molecule has 1 fully saturated rings. The molecule has 0 spiro atoms. The number of carbonyl (C=O) groups is 9. The Labute approximate surface area is 421 Å². The van der Waals surface area contributed by atoms with Crippen LogP contribution in [0.4, 0.5) is 0 Å². The summed E-state index contributed by atoms with van der Waals surface area (Å²) in [6.45, 7) is 6.06. The normalized spacial score (nSPS) is 24.2. The van der Waals surface area contributed by atoms with Crippen molar-refractivity contribution in [1.29, 1.82) is 0 Å². The maximum atomic E-state index is 14.4. The number of rotatable bonds is 22. The van der Waals surface area contributed by atoms with Crippen molar-refractivity contribution in [3.05, 3.63) is 35.9 Å². The first kappa shape index (κ1) is 62.3. The number of nitrogens with one attached hydrogen (secondary N) is 9. The van der Waals surface area contributed by atoms with Gasteiger partial charge < -0.3 is 86.7 Å². The van der Waals surface area contributed by atoms with Gasteiger partial charge in [-0.25, -0.2) is 0 Å². The van der Waals surface area contributed by atoms with Gasteiger partial charge in [-0.1, -0.05) is 44.2 Å². The number of hydrogen-bond donors (Lipinski definition) is 16. The molecule has 1 heterocycles. The number of carbonyl (C=O) groups excluding carboxylic acids is 9. The summed E-state index contributed by atoms with van der Waals surface area (Å²) in [7, 11) is 0. The Kier molecular flexibility index (Phi) is 28.6. The van der Waals surface area contributed by atoms with Crippen LogP contribution in [0.3, 0.4) is 0 Å². The Morgan fingerprint density at radius 3 is 1.62 bits per heavy atom. The molecule has 25 heteroatoms. The van der Waals surface area contributed by atoms with E-state index in [-0.39, 0.29) is 83.6 Å². The summed E-state index contributed by atoms with van der Waals surface area (Å²) in [4.78, 5) is 126. The van der Waals surface area contributed by atoms with E-state index < -0.39 is 120 Å². The molecule has 72 heavy (non-hydrogen) atoms. The zero-order valence-electron chi connectivity index (χ0n) is 42.1. The molecule has 2 rings (SSSR count). The zero-order valence-corrected chi connectivity index (χ0v) is 42.1. The fraction of sp³-hybridized carbons (Fsp3) is 0.681. The van der Waals surface area contributed by atoms with Gasteiger partial charge in [0.05, 0.1) is 12.2 Å². The van der Waals surface area contributed by atoms with Gasteiger partial charge in [-0.05, 0) is 116 Å². The van der Waals surface area contributed by atoms with E-state index in [2.05, 4.69) is 47.9 Å². The minimum Gasteiger partial charge on any atom is -0.391 e. The number of nitrogens with two attached hydrogens (primary N) is 5. The molecule has 0 aromatic heterocycles. The van der Waals surface area contributed by atoms with Gasteiger partial charge in [-0.3, -0.25) is 43.2 Å². The van der Waals surface area contributed by atoms with Crippen molar-refractivity contribution in [3.63, 3.8) is 0 Å². The number of hydrogen-bond acceptors (Lipinski definition) is 16. The van der Waals surface area contributed by atoms with Crippen LogP contribution in [0.15, 0.2) is 30.3 Å². The van der Waals surface area contributed by atoms with Crippen LogP contribution in [-0.4, -0.2) is 163 Å². The summed E-state index contributed by atoms with van der Waals surface area (Å²) in [5.41, 5.74) is 29.6. The highest BCUT2D eigenvalue weighted by molar-refractivity contribution is 5.98. The molecule has 1 aromatic rings. The van der Waals surface area contributed by atoms with E-state index >= 15 is 0 Å². The predicted octanol–water partition coefficient (Wildman–Crippen LogP) is -5.28. The first-order valence-electron chi connectivity index (χ1n) is 24.8. The standard InChI is InChI=1S/C47H82N14O11/c1-26(2)24-35-44(69)55-30(14-8-10-19-48)39(64)54-31(15-9-11-20-49)43(68)61-38(28(4)63)47(72)53-23-18-34(57-40(65)33(17-22-51)58-46(71)37(52)27(3)62)42(67)56-32(16-21-50)41(66)60-36(45(70)59-35)25-29-12-6-5-7-13-29/h5-7,12-13,26-28,30-38,62-63H,8-11,14-25,48-52H2,1-4H3,(H,53,72)(H,54,64)(H,55,69)(H,56,67)(H,57,65)(H,58,71)(H,59,70)(H,60,66)(H,61,68)/t27-,28-,30+,31+,32+,33+,34+,35+,36-,37+,38+/m1/s1. The molecule has 1 aromatic carbocycles. The van der Waals surface area contributed by atoms with Gasteiger partial charge in [-0.15, -0.1) is 0 Å². The first-order chi connectivity index (χ1) is 34.2. The maximum Gasteiger partial charge on any atom is 0.245 e. The quantitative estimate of drug-likeness (QED) is 0.0483. The van der Waals surface area contributed by atoms with Crippen molar-refractivity contribution in [3.8, 4) is 0 Å². The predicted molar refractivity (Wildman–Crippen MR) is 267 cm³/mol. The number of amides is 9. The van der Waals surface area contributed by atoms with Crippen LogP contribution in [0.5, 0.6) is 0 Å². The lowest BCUT2D eigenvalue weighted by Gasteiger charge is -2.28. The van der Waals surface area contributed by atoms with Crippen molar-refractivity contribution in [2.75, 3.05) is 32.7 Å². The molecular formula is C47H82N14O11. The molecule has 0 saturated carbocycles. The van der Waals surface area contributed by atoms with E-state index in [0.29, 0.717) is 31.2 Å². The zero-order chi connectivity index (χ0) is 53.9. The van der Waals surface area contributed by atoms with Gasteiger partial charge in [0, 0.05) is 13.0 Å². The molecule has 1 saturated heterocycles. The minimum atomic E-state index is -1.61. The third-order valence-electron chi connectivity index (χ3n) is 11.8. The van der Waals surface area contributed by atoms with E-state index in [0.717, 1.165) is 0 Å². The molecule has 9 amide bonds. The summed E-state index contributed by atoms with van der Waals surface area (Å²) < 4.78 is 0. The first-order valence-corrected chi connectivity index (χ1v) is 24.8. The molecule has 0 bridgehead atoms. The van der Waals surface area contributed by atoms with Crippen molar-refractivity contribution >= 4 is 53.2 Å². The van der Waals surface area contributed by atoms with E-state index in [4.69, 9.17) is 28.7 Å². The molecule has 1 aliphatic heterocycles. The highest BCUT2D eigenvalue weighted by Gasteiger charge is 2.36. The Bertz CT molecular complexity index is 1910. The van der Waals surface area contributed by atoms with Crippen LogP contribution < -0.4 is 76.5 Å². The summed E-state index contributed by atoms with van der Waals surface area (Å²) >= 11 is 0. The third-order valence-corrected chi connectivity index (χ3v) is 11.8. The minimum absolute atomic E-state index is 0.0468. The highest BCUT2D eigenvalue weighted by Crippen LogP contribution is 2.12. The van der Waals surface area contributed by atoms with Crippen LogP contribution in [0.2, 0.25) is 0 Å². The Morgan fingerprint density at radius 2 is 1.11 bits per heavy atom. The number of aliphatic hydroxyl groups excluding tert-OH is 2. The largest absolute Gasteiger partial charge is 0.391 e. The van der Waals surface area contributed by atoms with Gasteiger partial charge in [-0.2, -0.15) is 0 Å². The van der Waals surface area contributed by atoms with E-state index in [1.165, 1.54) is 13.8 Å². The smallest absolute Gasteiger partial charge is 0.245 e. The fourth-order valence-electron chi connectivity index (χ4n) is 7.65. The van der Waals surface area contributed by atoms with Gasteiger partial charge >= 0.3 is 0 Å². The van der Waals surface area contributed by atoms with Gasteiger partial charge in [0.15, 0.2) is 0 Å². The second-order valence-electron chi connectivity index (χ2n) is 18.5. The average molecular weight is 1020 g/mol. The van der Waals surface area contributed by atoms with Crippen LogP contribution in [0.25, 0.3) is 0 Å². The highest BCUT2D eigenvalue weighted by atomic mass is 16.3. The molecule has 0 aliphatic carbocycles. The maximum absolute atomic E-state index is 14.4. The molecule has 0 radical (unpaired) electrons. The van der Waals surface area contributed by atoms with Crippen LogP contribution >= 0.6 is 0 Å². The molecular weight excluding hydrogens is 937 g/mol. The topological polar surface area (TPSA) is 432 Å².